The maximum Gasteiger partial charge on any atom is 1.00 e. The third-order valence-corrected chi connectivity index (χ3v) is 3.14. The van der Waals surface area contributed by atoms with E-state index < -0.39 is 10.1 Å². The van der Waals surface area contributed by atoms with Crippen LogP contribution in [0.2, 0.25) is 0 Å². The van der Waals surface area contributed by atoms with E-state index in [2.05, 4.69) is 0 Å². The molecule has 0 saturated heterocycles. The summed E-state index contributed by atoms with van der Waals surface area (Å²) >= 11 is 0. The van der Waals surface area contributed by atoms with Crippen LogP contribution in [0.5, 0.6) is 0 Å². The van der Waals surface area contributed by atoms with Gasteiger partial charge in [-0.15, -0.1) is 0 Å². The third kappa shape index (κ3) is 3.72. The first-order valence-corrected chi connectivity index (χ1v) is 6.10. The van der Waals surface area contributed by atoms with E-state index in [0.29, 0.717) is 5.56 Å². The standard InChI is InChI=1S/C12H10O3S.K/c13-16(14,15)12-9-5-4-8-11(12)10-6-2-1-3-7-10;/h1-9H,(H,13,14,15);/q;+1/p-1. The topological polar surface area (TPSA) is 57.2 Å². The van der Waals surface area contributed by atoms with Crippen LogP contribution in [0.1, 0.15) is 0 Å². The fourth-order valence-corrected chi connectivity index (χ4v) is 2.24. The van der Waals surface area contributed by atoms with Gasteiger partial charge in [-0.3, -0.25) is 0 Å². The van der Waals surface area contributed by atoms with Crippen molar-refractivity contribution in [2.45, 2.75) is 4.90 Å². The molecule has 2 aromatic carbocycles. The summed E-state index contributed by atoms with van der Waals surface area (Å²) in [5.41, 5.74) is 1.16. The molecule has 82 valence electrons. The smallest absolute Gasteiger partial charge is 0.744 e. The Balaban J connectivity index is 0.00000144. The molecule has 5 heteroatoms. The Morgan fingerprint density at radius 1 is 0.824 bits per heavy atom. The van der Waals surface area contributed by atoms with Crippen molar-refractivity contribution in [2.75, 3.05) is 0 Å². The molecule has 0 bridgehead atoms. The summed E-state index contributed by atoms with van der Waals surface area (Å²) in [7, 11) is -4.43. The molecule has 0 unspecified atom stereocenters. The van der Waals surface area contributed by atoms with Crippen LogP contribution < -0.4 is 51.4 Å². The van der Waals surface area contributed by atoms with Gasteiger partial charge in [-0.2, -0.15) is 0 Å². The fourth-order valence-electron chi connectivity index (χ4n) is 1.54. The Labute approximate surface area is 143 Å². The van der Waals surface area contributed by atoms with E-state index in [0.717, 1.165) is 5.56 Å². The zero-order chi connectivity index (χ0) is 11.6. The van der Waals surface area contributed by atoms with Gasteiger partial charge in [0.1, 0.15) is 10.1 Å². The number of benzene rings is 2. The minimum absolute atomic E-state index is 0. The summed E-state index contributed by atoms with van der Waals surface area (Å²) in [5.74, 6) is 0. The van der Waals surface area contributed by atoms with Crippen molar-refractivity contribution in [1.29, 1.82) is 0 Å². The van der Waals surface area contributed by atoms with Gasteiger partial charge in [0, 0.05) is 0 Å². The van der Waals surface area contributed by atoms with Crippen LogP contribution in [0.3, 0.4) is 0 Å². The minimum atomic E-state index is -4.43. The molecule has 0 radical (unpaired) electrons. The number of hydrogen-bond donors (Lipinski definition) is 0. The first-order chi connectivity index (χ1) is 7.59. The van der Waals surface area contributed by atoms with Gasteiger partial charge in [-0.25, -0.2) is 8.42 Å². The van der Waals surface area contributed by atoms with E-state index in [-0.39, 0.29) is 56.3 Å². The van der Waals surface area contributed by atoms with Crippen molar-refractivity contribution in [3.05, 3.63) is 54.6 Å². The Hall–Kier alpha value is -0.0136. The summed E-state index contributed by atoms with van der Waals surface area (Å²) in [6, 6.07) is 15.2. The summed E-state index contributed by atoms with van der Waals surface area (Å²) in [4.78, 5) is -0.179. The van der Waals surface area contributed by atoms with Gasteiger partial charge in [0.2, 0.25) is 0 Å². The van der Waals surface area contributed by atoms with Crippen molar-refractivity contribution in [2.24, 2.45) is 0 Å². The SMILES string of the molecule is O=S(=O)([O-])c1ccccc1-c1ccccc1.[K+]. The van der Waals surface area contributed by atoms with Crippen molar-refractivity contribution < 1.29 is 64.4 Å². The summed E-state index contributed by atoms with van der Waals surface area (Å²) < 4.78 is 33.2. The zero-order valence-electron chi connectivity index (χ0n) is 9.33. The van der Waals surface area contributed by atoms with Crippen LogP contribution in [-0.2, 0) is 10.1 Å². The minimum Gasteiger partial charge on any atom is -0.744 e. The summed E-state index contributed by atoms with van der Waals surface area (Å²) in [5, 5.41) is 0. The average molecular weight is 272 g/mol. The average Bonchev–Trinajstić information content (AvgIpc) is 2.29. The Kier molecular flexibility index (Phi) is 5.52. The largest absolute Gasteiger partial charge is 1.00 e. The zero-order valence-corrected chi connectivity index (χ0v) is 13.3. The van der Waals surface area contributed by atoms with Gasteiger partial charge in [0.15, 0.2) is 0 Å². The van der Waals surface area contributed by atoms with Gasteiger partial charge in [0.05, 0.1) is 4.90 Å². The van der Waals surface area contributed by atoms with Crippen molar-refractivity contribution >= 4 is 10.1 Å². The summed E-state index contributed by atoms with van der Waals surface area (Å²) in [6.07, 6.45) is 0. The maximum absolute atomic E-state index is 11.1. The van der Waals surface area contributed by atoms with Crippen LogP contribution in [-0.4, -0.2) is 13.0 Å². The molecule has 3 nitrogen and oxygen atoms in total. The van der Waals surface area contributed by atoms with Gasteiger partial charge in [-0.05, 0) is 17.2 Å². The molecule has 0 aliphatic carbocycles. The number of hydrogen-bond acceptors (Lipinski definition) is 3. The molecule has 0 aliphatic heterocycles. The normalized spacial score (nSPS) is 10.6. The Morgan fingerprint density at radius 2 is 1.35 bits per heavy atom. The Bertz CT molecular complexity index is 594. The van der Waals surface area contributed by atoms with Crippen molar-refractivity contribution in [3.8, 4) is 11.1 Å². The molecule has 0 saturated carbocycles. The predicted molar refractivity (Wildman–Crippen MR) is 59.8 cm³/mol. The fraction of sp³-hybridized carbons (Fsp3) is 0. The molecular weight excluding hydrogens is 263 g/mol. The summed E-state index contributed by atoms with van der Waals surface area (Å²) in [6.45, 7) is 0. The monoisotopic (exact) mass is 272 g/mol. The molecular formula is C12H9KO3S. The first-order valence-electron chi connectivity index (χ1n) is 4.69. The van der Waals surface area contributed by atoms with Crippen molar-refractivity contribution in [1.82, 2.24) is 0 Å². The molecule has 2 aromatic rings. The quantitative estimate of drug-likeness (QED) is 0.534. The van der Waals surface area contributed by atoms with E-state index in [4.69, 9.17) is 0 Å². The van der Waals surface area contributed by atoms with Crippen molar-refractivity contribution in [3.63, 3.8) is 0 Å². The molecule has 0 N–H and O–H groups in total. The molecule has 17 heavy (non-hydrogen) atoms. The van der Waals surface area contributed by atoms with E-state index in [1.54, 1.807) is 36.4 Å². The van der Waals surface area contributed by atoms with Gasteiger partial charge >= 0.3 is 51.4 Å². The van der Waals surface area contributed by atoms with Gasteiger partial charge in [-0.1, -0.05) is 48.5 Å². The predicted octanol–water partition coefficient (Wildman–Crippen LogP) is -0.738. The Morgan fingerprint density at radius 3 is 1.94 bits per heavy atom. The van der Waals surface area contributed by atoms with E-state index in [9.17, 15) is 13.0 Å². The van der Waals surface area contributed by atoms with Crippen LogP contribution in [0, 0.1) is 0 Å². The second-order valence-corrected chi connectivity index (χ2v) is 4.66. The molecule has 0 amide bonds. The second-order valence-electron chi connectivity index (χ2n) is 3.32. The van der Waals surface area contributed by atoms with Gasteiger partial charge < -0.3 is 4.55 Å². The third-order valence-electron chi connectivity index (χ3n) is 2.24. The molecule has 0 aliphatic rings. The van der Waals surface area contributed by atoms with Crippen LogP contribution in [0.25, 0.3) is 11.1 Å². The van der Waals surface area contributed by atoms with Crippen LogP contribution in [0.15, 0.2) is 59.5 Å². The van der Waals surface area contributed by atoms with Crippen LogP contribution in [0.4, 0.5) is 0 Å². The molecule has 2 rings (SSSR count). The first kappa shape index (κ1) is 15.0. The van der Waals surface area contributed by atoms with E-state index >= 15 is 0 Å². The molecule has 0 aromatic heterocycles. The van der Waals surface area contributed by atoms with E-state index in [1.807, 2.05) is 6.07 Å². The molecule has 0 spiro atoms. The molecule has 0 heterocycles. The maximum atomic E-state index is 11.1. The number of rotatable bonds is 2. The van der Waals surface area contributed by atoms with E-state index in [1.165, 1.54) is 12.1 Å². The van der Waals surface area contributed by atoms with Gasteiger partial charge in [0.25, 0.3) is 0 Å². The molecule has 0 atom stereocenters. The second kappa shape index (κ2) is 6.24. The molecule has 0 fully saturated rings. The van der Waals surface area contributed by atoms with Crippen LogP contribution >= 0.6 is 0 Å².